The third kappa shape index (κ3) is 11.2. The summed E-state index contributed by atoms with van der Waals surface area (Å²) in [5.41, 5.74) is 11.3. The quantitative estimate of drug-likeness (QED) is 0.193. The first-order valence-corrected chi connectivity index (χ1v) is 15.0. The maximum Gasteiger partial charge on any atom is 0.00749 e. The third-order valence-electron chi connectivity index (χ3n) is 7.95. The molecule has 214 valence electrons. The van der Waals surface area contributed by atoms with E-state index in [-0.39, 0.29) is 10.8 Å². The molecule has 0 aliphatic heterocycles. The van der Waals surface area contributed by atoms with Gasteiger partial charge in [-0.2, -0.15) is 0 Å². The van der Waals surface area contributed by atoms with Crippen LogP contribution in [0.15, 0.2) is 142 Å². The SMILES string of the molecule is CC1=C(/C=C/C(C)=C/C=C\C(C)=C\C=C\C=C(C)\C=C\C=C(C)\C=C\C2=C(C)CCCC2(C)C)C(C)(C)C=CC1. The van der Waals surface area contributed by atoms with Gasteiger partial charge in [-0.3, -0.25) is 0 Å². The maximum atomic E-state index is 2.37. The molecular weight excluding hydrogens is 480 g/mol. The van der Waals surface area contributed by atoms with E-state index in [1.807, 2.05) is 0 Å². The van der Waals surface area contributed by atoms with Crippen LogP contribution in [-0.2, 0) is 0 Å². The molecule has 0 heteroatoms. The van der Waals surface area contributed by atoms with Crippen LogP contribution in [0.2, 0.25) is 0 Å². The molecule has 0 bridgehead atoms. The summed E-state index contributed by atoms with van der Waals surface area (Å²) in [4.78, 5) is 0. The van der Waals surface area contributed by atoms with Crippen molar-refractivity contribution in [1.82, 2.24) is 0 Å². The van der Waals surface area contributed by atoms with E-state index in [1.54, 1.807) is 5.57 Å². The summed E-state index contributed by atoms with van der Waals surface area (Å²) in [6.45, 7) is 22.5. The highest BCUT2D eigenvalue weighted by molar-refractivity contribution is 5.41. The van der Waals surface area contributed by atoms with Crippen LogP contribution in [0.1, 0.15) is 94.9 Å². The summed E-state index contributed by atoms with van der Waals surface area (Å²) in [5, 5.41) is 0. The van der Waals surface area contributed by atoms with Gasteiger partial charge < -0.3 is 0 Å². The monoisotopic (exact) mass is 534 g/mol. The zero-order valence-electron chi connectivity index (χ0n) is 27.1. The molecule has 0 spiro atoms. The molecule has 0 aromatic carbocycles. The van der Waals surface area contributed by atoms with Crippen molar-refractivity contribution in [1.29, 1.82) is 0 Å². The fraction of sp³-hybridized carbons (Fsp3) is 0.400. The van der Waals surface area contributed by atoms with Crippen LogP contribution in [-0.4, -0.2) is 0 Å². The van der Waals surface area contributed by atoms with Crippen LogP contribution in [0, 0.1) is 10.8 Å². The van der Waals surface area contributed by atoms with E-state index in [0.29, 0.717) is 0 Å². The molecule has 0 amide bonds. The summed E-state index contributed by atoms with van der Waals surface area (Å²) in [6.07, 6.45) is 40.1. The molecule has 2 aliphatic rings. The Balaban J connectivity index is 1.89. The topological polar surface area (TPSA) is 0 Å². The fourth-order valence-electron chi connectivity index (χ4n) is 5.42. The van der Waals surface area contributed by atoms with Crippen molar-refractivity contribution in [2.24, 2.45) is 10.8 Å². The Kier molecular flexibility index (Phi) is 12.9. The first-order valence-electron chi connectivity index (χ1n) is 15.0. The Morgan fingerprint density at radius 1 is 0.625 bits per heavy atom. The van der Waals surface area contributed by atoms with Crippen molar-refractivity contribution in [3.8, 4) is 0 Å². The molecule has 0 aromatic heterocycles. The van der Waals surface area contributed by atoms with Gasteiger partial charge >= 0.3 is 0 Å². The van der Waals surface area contributed by atoms with E-state index in [2.05, 4.69) is 166 Å². The van der Waals surface area contributed by atoms with Gasteiger partial charge in [-0.05, 0) is 83.8 Å². The second kappa shape index (κ2) is 15.6. The summed E-state index contributed by atoms with van der Waals surface area (Å²) in [6, 6.07) is 0. The largest absolute Gasteiger partial charge is 0.0836 e. The van der Waals surface area contributed by atoms with Gasteiger partial charge in [0.15, 0.2) is 0 Å². The number of rotatable bonds is 10. The molecule has 0 atom stereocenters. The minimum atomic E-state index is 0.111. The predicted octanol–water partition coefficient (Wildman–Crippen LogP) is 12.4. The molecule has 0 nitrogen and oxygen atoms in total. The Morgan fingerprint density at radius 3 is 1.60 bits per heavy atom. The zero-order valence-corrected chi connectivity index (χ0v) is 27.1. The third-order valence-corrected chi connectivity index (χ3v) is 7.95. The predicted molar refractivity (Wildman–Crippen MR) is 181 cm³/mol. The van der Waals surface area contributed by atoms with Gasteiger partial charge in [0.1, 0.15) is 0 Å². The zero-order chi connectivity index (χ0) is 29.8. The van der Waals surface area contributed by atoms with E-state index >= 15 is 0 Å². The molecule has 0 N–H and O–H groups in total. The first-order chi connectivity index (χ1) is 18.8. The minimum absolute atomic E-state index is 0.111. The summed E-state index contributed by atoms with van der Waals surface area (Å²) < 4.78 is 0. The lowest BCUT2D eigenvalue weighted by Crippen LogP contribution is -2.19. The number of hydrogen-bond donors (Lipinski definition) is 0. The Bertz CT molecular complexity index is 1190. The number of allylic oxidation sites excluding steroid dienone is 24. The lowest BCUT2D eigenvalue weighted by atomic mass is 9.72. The fourth-order valence-corrected chi connectivity index (χ4v) is 5.42. The van der Waals surface area contributed by atoms with Crippen LogP contribution in [0.4, 0.5) is 0 Å². The highest BCUT2D eigenvalue weighted by atomic mass is 14.3. The van der Waals surface area contributed by atoms with Gasteiger partial charge in [-0.25, -0.2) is 0 Å². The van der Waals surface area contributed by atoms with E-state index in [1.165, 1.54) is 58.3 Å². The summed E-state index contributed by atoms with van der Waals surface area (Å²) >= 11 is 0. The molecule has 0 aromatic rings. The maximum absolute atomic E-state index is 2.37. The Labute approximate surface area is 247 Å². The van der Waals surface area contributed by atoms with E-state index < -0.39 is 0 Å². The van der Waals surface area contributed by atoms with Crippen molar-refractivity contribution < 1.29 is 0 Å². The van der Waals surface area contributed by atoms with E-state index in [0.717, 1.165) is 6.42 Å². The van der Waals surface area contributed by atoms with Crippen LogP contribution in [0.25, 0.3) is 0 Å². The van der Waals surface area contributed by atoms with Crippen molar-refractivity contribution in [2.75, 3.05) is 0 Å². The molecular formula is C40H54. The van der Waals surface area contributed by atoms with Gasteiger partial charge in [-0.15, -0.1) is 0 Å². The van der Waals surface area contributed by atoms with Crippen LogP contribution in [0.3, 0.4) is 0 Å². The molecule has 0 heterocycles. The van der Waals surface area contributed by atoms with Crippen molar-refractivity contribution in [3.63, 3.8) is 0 Å². The lowest BCUT2D eigenvalue weighted by Gasteiger charge is -2.32. The lowest BCUT2D eigenvalue weighted by molar-refractivity contribution is 0.377. The second-order valence-corrected chi connectivity index (χ2v) is 12.9. The highest BCUT2D eigenvalue weighted by Gasteiger charge is 2.26. The molecule has 40 heavy (non-hydrogen) atoms. The smallest absolute Gasteiger partial charge is 0.00749 e. The van der Waals surface area contributed by atoms with Gasteiger partial charge in [0.2, 0.25) is 0 Å². The first kappa shape index (κ1) is 33.1. The summed E-state index contributed by atoms with van der Waals surface area (Å²) in [7, 11) is 0. The number of hydrogen-bond acceptors (Lipinski definition) is 0. The molecule has 0 saturated carbocycles. The van der Waals surface area contributed by atoms with Crippen molar-refractivity contribution >= 4 is 0 Å². The molecule has 0 unspecified atom stereocenters. The second-order valence-electron chi connectivity index (χ2n) is 12.9. The van der Waals surface area contributed by atoms with Crippen molar-refractivity contribution in [3.05, 3.63) is 142 Å². The molecule has 2 aliphatic carbocycles. The van der Waals surface area contributed by atoms with Crippen molar-refractivity contribution in [2.45, 2.75) is 94.9 Å². The van der Waals surface area contributed by atoms with Crippen LogP contribution >= 0.6 is 0 Å². The Morgan fingerprint density at radius 2 is 1.10 bits per heavy atom. The average molecular weight is 535 g/mol. The van der Waals surface area contributed by atoms with E-state index in [4.69, 9.17) is 0 Å². The normalized spacial score (nSPS) is 21.6. The standard InChI is InChI=1S/C40H54/c1-31(19-13-21-33(3)25-27-37-35(5)23-15-29-39(37,7)8)17-11-12-18-32(2)20-14-22-34(4)26-28-38-36(6)24-16-30-40(38,9)10/h11-15,17-22,25-29H,16,23-24,30H2,1-10H3/b12-11+,19-13-,20-14+,27-25+,28-26+,31-17+,32-18+,33-21+,34-22+. The molecule has 0 saturated heterocycles. The highest BCUT2D eigenvalue weighted by Crippen LogP contribution is 2.41. The van der Waals surface area contributed by atoms with Crippen LogP contribution < -0.4 is 0 Å². The van der Waals surface area contributed by atoms with Gasteiger partial charge in [0.05, 0.1) is 0 Å². The van der Waals surface area contributed by atoms with E-state index in [9.17, 15) is 0 Å². The van der Waals surface area contributed by atoms with Gasteiger partial charge in [0, 0.05) is 5.41 Å². The van der Waals surface area contributed by atoms with Gasteiger partial charge in [-0.1, -0.05) is 158 Å². The summed E-state index contributed by atoms with van der Waals surface area (Å²) in [5.74, 6) is 0. The van der Waals surface area contributed by atoms with Gasteiger partial charge in [0.25, 0.3) is 0 Å². The minimum Gasteiger partial charge on any atom is -0.0836 e. The molecule has 0 radical (unpaired) electrons. The molecule has 0 fully saturated rings. The Hall–Kier alpha value is -3.12. The molecule has 2 rings (SSSR count). The van der Waals surface area contributed by atoms with Crippen LogP contribution in [0.5, 0.6) is 0 Å². The average Bonchev–Trinajstić information content (AvgIpc) is 2.85.